The fourth-order valence-electron chi connectivity index (χ4n) is 3.53. The first-order valence-corrected chi connectivity index (χ1v) is 10.9. The van der Waals surface area contributed by atoms with Gasteiger partial charge in [0.2, 0.25) is 5.91 Å². The van der Waals surface area contributed by atoms with E-state index in [0.717, 1.165) is 37.9 Å². The molecule has 1 heterocycles. The topological polar surface area (TPSA) is 66.0 Å². The van der Waals surface area contributed by atoms with E-state index in [1.54, 1.807) is 12.1 Å². The highest BCUT2D eigenvalue weighted by Gasteiger charge is 2.27. The monoisotopic (exact) mass is 442 g/mol. The van der Waals surface area contributed by atoms with E-state index in [1.807, 2.05) is 24.0 Å². The van der Waals surface area contributed by atoms with Gasteiger partial charge in [0.25, 0.3) is 0 Å². The molecule has 1 amide bonds. The zero-order valence-corrected chi connectivity index (χ0v) is 18.3. The number of guanidine groups is 1. The number of rotatable bonds is 11. The van der Waals surface area contributed by atoms with E-state index < -0.39 is 12.8 Å². The molecule has 2 rings (SSSR count). The maximum atomic E-state index is 12.1. The van der Waals surface area contributed by atoms with E-state index in [-0.39, 0.29) is 18.6 Å². The van der Waals surface area contributed by atoms with Crippen molar-refractivity contribution in [1.29, 1.82) is 0 Å². The van der Waals surface area contributed by atoms with Gasteiger partial charge in [0.05, 0.1) is 13.2 Å². The van der Waals surface area contributed by atoms with Gasteiger partial charge in [-0.3, -0.25) is 4.79 Å². The first-order chi connectivity index (χ1) is 14.8. The van der Waals surface area contributed by atoms with Gasteiger partial charge in [0, 0.05) is 32.1 Å². The van der Waals surface area contributed by atoms with Crippen LogP contribution in [0.2, 0.25) is 0 Å². The number of amides is 1. The van der Waals surface area contributed by atoms with Crippen LogP contribution in [0.3, 0.4) is 0 Å². The maximum absolute atomic E-state index is 12.1. The smallest absolute Gasteiger partial charge is 0.367 e. The number of aliphatic imine (C=N–C) groups is 1. The summed E-state index contributed by atoms with van der Waals surface area (Å²) in [6, 6.07) is 7.43. The molecule has 1 fully saturated rings. The highest BCUT2D eigenvalue weighted by molar-refractivity contribution is 5.80. The van der Waals surface area contributed by atoms with Crippen LogP contribution in [0.15, 0.2) is 29.3 Å². The third kappa shape index (κ3) is 9.16. The molecule has 9 heteroatoms. The summed E-state index contributed by atoms with van der Waals surface area (Å²) >= 11 is 0. The molecule has 0 spiro atoms. The SMILES string of the molecule is CCNC(=NCc1ccc(COCC(F)(F)F)cc1)NCCC(CC)N1CCCC1=O. The van der Waals surface area contributed by atoms with Crippen LogP contribution in [0.25, 0.3) is 0 Å². The van der Waals surface area contributed by atoms with E-state index in [0.29, 0.717) is 31.0 Å². The van der Waals surface area contributed by atoms with Gasteiger partial charge in [-0.25, -0.2) is 4.99 Å². The number of carbonyl (C=O) groups is 1. The molecule has 1 unspecified atom stereocenters. The van der Waals surface area contributed by atoms with Crippen molar-refractivity contribution in [3.63, 3.8) is 0 Å². The standard InChI is InChI=1S/C22H33F3N4O2/c1-3-19(29-13-5-6-20(29)30)11-12-27-21(26-4-2)28-14-17-7-9-18(10-8-17)15-31-16-22(23,24)25/h7-10,19H,3-6,11-16H2,1-2H3,(H2,26,27,28). The summed E-state index contributed by atoms with van der Waals surface area (Å²) in [5.41, 5.74) is 1.63. The quantitative estimate of drug-likeness (QED) is 0.406. The second kappa shape index (κ2) is 12.5. The average molecular weight is 443 g/mol. The molecule has 174 valence electrons. The lowest BCUT2D eigenvalue weighted by molar-refractivity contribution is -0.176. The zero-order chi connectivity index (χ0) is 22.7. The van der Waals surface area contributed by atoms with E-state index in [4.69, 9.17) is 0 Å². The van der Waals surface area contributed by atoms with Gasteiger partial charge in [-0.05, 0) is 37.3 Å². The van der Waals surface area contributed by atoms with E-state index in [1.165, 1.54) is 0 Å². The van der Waals surface area contributed by atoms with Crippen LogP contribution in [0.5, 0.6) is 0 Å². The number of benzene rings is 1. The van der Waals surface area contributed by atoms with E-state index >= 15 is 0 Å². The summed E-state index contributed by atoms with van der Waals surface area (Å²) < 4.78 is 41.1. The van der Waals surface area contributed by atoms with Gasteiger partial charge in [0.1, 0.15) is 6.61 Å². The number of ether oxygens (including phenoxy) is 1. The Morgan fingerprint density at radius 2 is 1.90 bits per heavy atom. The summed E-state index contributed by atoms with van der Waals surface area (Å²) in [6.07, 6.45) is -0.924. The van der Waals surface area contributed by atoms with Gasteiger partial charge in [-0.2, -0.15) is 13.2 Å². The molecule has 31 heavy (non-hydrogen) atoms. The fourth-order valence-corrected chi connectivity index (χ4v) is 3.53. The molecule has 1 aromatic rings. The molecule has 0 aromatic heterocycles. The third-order valence-electron chi connectivity index (χ3n) is 5.11. The van der Waals surface area contributed by atoms with Crippen LogP contribution in [0, 0.1) is 0 Å². The highest BCUT2D eigenvalue weighted by Crippen LogP contribution is 2.18. The predicted molar refractivity (Wildman–Crippen MR) is 115 cm³/mol. The Bertz CT molecular complexity index is 708. The summed E-state index contributed by atoms with van der Waals surface area (Å²) in [5, 5.41) is 6.53. The Morgan fingerprint density at radius 1 is 1.19 bits per heavy atom. The lowest BCUT2D eigenvalue weighted by Gasteiger charge is -2.27. The van der Waals surface area contributed by atoms with Gasteiger partial charge in [-0.15, -0.1) is 0 Å². The second-order valence-electron chi connectivity index (χ2n) is 7.59. The molecule has 0 saturated carbocycles. The van der Waals surface area contributed by atoms with Gasteiger partial charge >= 0.3 is 6.18 Å². The Balaban J connectivity index is 1.81. The van der Waals surface area contributed by atoms with Crippen molar-refractivity contribution in [2.45, 2.75) is 64.9 Å². The van der Waals surface area contributed by atoms with Crippen LogP contribution in [0.4, 0.5) is 13.2 Å². The van der Waals surface area contributed by atoms with Crippen molar-refractivity contribution in [3.8, 4) is 0 Å². The van der Waals surface area contributed by atoms with Crippen molar-refractivity contribution in [1.82, 2.24) is 15.5 Å². The van der Waals surface area contributed by atoms with Crippen LogP contribution in [-0.2, 0) is 22.7 Å². The Hall–Kier alpha value is -2.29. The van der Waals surface area contributed by atoms with Crippen molar-refractivity contribution < 1.29 is 22.7 Å². The minimum absolute atomic E-state index is 0.0780. The average Bonchev–Trinajstić information content (AvgIpc) is 3.15. The fraction of sp³-hybridized carbons (Fsp3) is 0.636. The van der Waals surface area contributed by atoms with Gasteiger partial charge < -0.3 is 20.3 Å². The highest BCUT2D eigenvalue weighted by atomic mass is 19.4. The summed E-state index contributed by atoms with van der Waals surface area (Å²) in [4.78, 5) is 18.5. The molecule has 1 aliphatic heterocycles. The lowest BCUT2D eigenvalue weighted by Crippen LogP contribution is -2.42. The first kappa shape index (κ1) is 25.0. The molecular formula is C22H33F3N4O2. The van der Waals surface area contributed by atoms with Gasteiger partial charge in [-0.1, -0.05) is 31.2 Å². The molecule has 1 atom stereocenters. The van der Waals surface area contributed by atoms with Crippen LogP contribution in [0.1, 0.15) is 50.7 Å². The Kier molecular flexibility index (Phi) is 10.1. The molecule has 2 N–H and O–H groups in total. The first-order valence-electron chi connectivity index (χ1n) is 10.9. The van der Waals surface area contributed by atoms with Crippen molar-refractivity contribution in [3.05, 3.63) is 35.4 Å². The maximum Gasteiger partial charge on any atom is 0.411 e. The largest absolute Gasteiger partial charge is 0.411 e. The zero-order valence-electron chi connectivity index (χ0n) is 18.3. The minimum Gasteiger partial charge on any atom is -0.367 e. The summed E-state index contributed by atoms with van der Waals surface area (Å²) in [6.45, 7) is 5.50. The predicted octanol–water partition coefficient (Wildman–Crippen LogP) is 3.61. The number of hydrogen-bond donors (Lipinski definition) is 2. The molecule has 1 saturated heterocycles. The molecular weight excluding hydrogens is 409 g/mol. The Labute approximate surface area is 182 Å². The lowest BCUT2D eigenvalue weighted by atomic mass is 10.1. The number of hydrogen-bond acceptors (Lipinski definition) is 3. The van der Waals surface area contributed by atoms with Crippen LogP contribution < -0.4 is 10.6 Å². The van der Waals surface area contributed by atoms with Gasteiger partial charge in [0.15, 0.2) is 5.96 Å². The number of carbonyl (C=O) groups excluding carboxylic acids is 1. The van der Waals surface area contributed by atoms with E-state index in [9.17, 15) is 18.0 Å². The molecule has 0 aliphatic carbocycles. The number of likely N-dealkylation sites (tertiary alicyclic amines) is 1. The minimum atomic E-state index is -4.31. The normalized spacial score (nSPS) is 16.0. The molecule has 0 radical (unpaired) electrons. The van der Waals surface area contributed by atoms with Crippen LogP contribution in [-0.4, -0.2) is 55.2 Å². The molecule has 0 bridgehead atoms. The summed E-state index contributed by atoms with van der Waals surface area (Å²) in [7, 11) is 0. The number of alkyl halides is 3. The third-order valence-corrected chi connectivity index (χ3v) is 5.11. The van der Waals surface area contributed by atoms with Crippen molar-refractivity contribution >= 4 is 11.9 Å². The van der Waals surface area contributed by atoms with Crippen molar-refractivity contribution in [2.75, 3.05) is 26.2 Å². The number of nitrogens with one attached hydrogen (secondary N) is 2. The molecule has 1 aromatic carbocycles. The molecule has 1 aliphatic rings. The Morgan fingerprint density at radius 3 is 2.48 bits per heavy atom. The van der Waals surface area contributed by atoms with Crippen LogP contribution >= 0.6 is 0 Å². The molecule has 6 nitrogen and oxygen atoms in total. The number of nitrogens with zero attached hydrogens (tertiary/aromatic N) is 2. The second-order valence-corrected chi connectivity index (χ2v) is 7.59. The van der Waals surface area contributed by atoms with Crippen molar-refractivity contribution in [2.24, 2.45) is 4.99 Å². The summed E-state index contributed by atoms with van der Waals surface area (Å²) in [5.74, 6) is 0.947. The van der Waals surface area contributed by atoms with E-state index in [2.05, 4.69) is 27.3 Å². The number of halogens is 3.